The minimum Gasteiger partial charge on any atom is -0.496 e. The molecule has 0 bridgehead atoms. The summed E-state index contributed by atoms with van der Waals surface area (Å²) < 4.78 is 5.49. The highest BCUT2D eigenvalue weighted by Gasteiger charge is 2.38. The molecule has 2 N–H and O–H groups in total. The number of methoxy groups -OCH3 is 1. The van der Waals surface area contributed by atoms with Crippen molar-refractivity contribution in [3.63, 3.8) is 0 Å². The summed E-state index contributed by atoms with van der Waals surface area (Å²) in [5.74, 6) is -1.54. The molecule has 1 fully saturated rings. The molecule has 2 amide bonds. The number of hydrogen-bond donors (Lipinski definition) is 2. The van der Waals surface area contributed by atoms with Crippen molar-refractivity contribution in [1.82, 2.24) is 10.2 Å². The van der Waals surface area contributed by atoms with Crippen molar-refractivity contribution >= 4 is 52.2 Å². The molecule has 1 saturated heterocycles. The summed E-state index contributed by atoms with van der Waals surface area (Å²) in [6, 6.07) is 6.30. The number of carboxylic acids is 1. The summed E-state index contributed by atoms with van der Waals surface area (Å²) in [5.41, 5.74) is 0.716. The number of hydrogen-bond acceptors (Lipinski definition) is 6. The number of benzene rings is 1. The zero-order valence-corrected chi connectivity index (χ0v) is 15.1. The molecule has 25 heavy (non-hydrogen) atoms. The van der Waals surface area contributed by atoms with Crippen LogP contribution in [0.4, 0.5) is 0 Å². The molecule has 1 aliphatic heterocycles. The van der Waals surface area contributed by atoms with Gasteiger partial charge in [0.1, 0.15) is 22.7 Å². The van der Waals surface area contributed by atoms with Gasteiger partial charge in [-0.3, -0.25) is 19.3 Å². The fourth-order valence-corrected chi connectivity index (χ4v) is 3.58. The third-order valence-corrected chi connectivity index (χ3v) is 4.76. The maximum absolute atomic E-state index is 12.6. The molecule has 1 aliphatic rings. The lowest BCUT2D eigenvalue weighted by Crippen LogP contribution is -2.48. The van der Waals surface area contributed by atoms with Gasteiger partial charge in [-0.15, -0.1) is 0 Å². The monoisotopic (exact) mass is 380 g/mol. The van der Waals surface area contributed by atoms with Crippen LogP contribution in [0.3, 0.4) is 0 Å². The van der Waals surface area contributed by atoms with Gasteiger partial charge in [-0.1, -0.05) is 42.2 Å². The van der Waals surface area contributed by atoms with Crippen LogP contribution in [0.5, 0.6) is 5.75 Å². The summed E-state index contributed by atoms with van der Waals surface area (Å²) in [5, 5.41) is 10.9. The van der Waals surface area contributed by atoms with Crippen LogP contribution in [-0.4, -0.2) is 51.8 Å². The highest BCUT2D eigenvalue weighted by atomic mass is 32.2. The number of para-hydroxylation sites is 1. The third kappa shape index (κ3) is 4.37. The number of nitrogens with one attached hydrogen (secondary N) is 1. The van der Waals surface area contributed by atoms with Gasteiger partial charge in [0, 0.05) is 5.56 Å². The Morgan fingerprint density at radius 2 is 2.12 bits per heavy atom. The summed E-state index contributed by atoms with van der Waals surface area (Å²) >= 11 is 6.29. The van der Waals surface area contributed by atoms with E-state index in [2.05, 4.69) is 5.32 Å². The van der Waals surface area contributed by atoms with Gasteiger partial charge < -0.3 is 15.2 Å². The van der Waals surface area contributed by atoms with Gasteiger partial charge in [0.15, 0.2) is 0 Å². The average Bonchev–Trinajstić information content (AvgIpc) is 2.86. The summed E-state index contributed by atoms with van der Waals surface area (Å²) in [4.78, 5) is 36.7. The van der Waals surface area contributed by atoms with E-state index < -0.39 is 30.4 Å². The quantitative estimate of drug-likeness (QED) is 0.570. The first kappa shape index (κ1) is 18.9. The lowest BCUT2D eigenvalue weighted by Gasteiger charge is -2.21. The molecule has 0 saturated carbocycles. The van der Waals surface area contributed by atoms with Crippen molar-refractivity contribution < 1.29 is 24.2 Å². The first-order valence-corrected chi connectivity index (χ1v) is 8.47. The Hall–Kier alpha value is -2.39. The van der Waals surface area contributed by atoms with Crippen LogP contribution < -0.4 is 10.1 Å². The molecule has 0 radical (unpaired) electrons. The van der Waals surface area contributed by atoms with Gasteiger partial charge in [0.2, 0.25) is 5.91 Å². The number of ether oxygens (including phenoxy) is 1. The number of thiocarbonyl (C=S) groups is 1. The van der Waals surface area contributed by atoms with Crippen LogP contribution in [0.1, 0.15) is 12.5 Å². The molecular formula is C16H16N2O5S2. The standard InChI is InChI=1S/C16H16N2O5S2/c1-9(14(21)17-8-13(19)20)18-15(22)12(25-16(18)24)7-10-5-3-4-6-11(10)23-2/h3-7,9H,8H2,1-2H3,(H,17,21)(H,19,20)/b12-7-. The van der Waals surface area contributed by atoms with Gasteiger partial charge in [-0.05, 0) is 19.1 Å². The lowest BCUT2D eigenvalue weighted by atomic mass is 10.1. The first-order chi connectivity index (χ1) is 11.8. The molecule has 0 aromatic heterocycles. The van der Waals surface area contributed by atoms with E-state index in [0.29, 0.717) is 16.2 Å². The fraction of sp³-hybridized carbons (Fsp3) is 0.250. The zero-order chi connectivity index (χ0) is 18.6. The van der Waals surface area contributed by atoms with Crippen molar-refractivity contribution in [2.75, 3.05) is 13.7 Å². The number of amides is 2. The lowest BCUT2D eigenvalue weighted by molar-refractivity contribution is -0.139. The third-order valence-electron chi connectivity index (χ3n) is 3.43. The van der Waals surface area contributed by atoms with Gasteiger partial charge in [0.25, 0.3) is 5.91 Å². The number of nitrogens with zero attached hydrogens (tertiary/aromatic N) is 1. The van der Waals surface area contributed by atoms with Crippen LogP contribution in [0.2, 0.25) is 0 Å². The Morgan fingerprint density at radius 1 is 1.44 bits per heavy atom. The average molecular weight is 380 g/mol. The number of carboxylic acid groups (broad SMARTS) is 1. The van der Waals surface area contributed by atoms with Crippen LogP contribution >= 0.6 is 24.0 Å². The predicted molar refractivity (Wildman–Crippen MR) is 98.1 cm³/mol. The number of thioether (sulfide) groups is 1. The molecule has 1 aromatic carbocycles. The topological polar surface area (TPSA) is 95.9 Å². The second kappa shape index (κ2) is 8.13. The Kier molecular flexibility index (Phi) is 6.16. The zero-order valence-electron chi connectivity index (χ0n) is 13.5. The number of rotatable bonds is 6. The molecule has 1 aromatic rings. The van der Waals surface area contributed by atoms with Gasteiger partial charge in [-0.2, -0.15) is 0 Å². The number of carbonyl (C=O) groups excluding carboxylic acids is 2. The molecule has 1 heterocycles. The van der Waals surface area contributed by atoms with Gasteiger partial charge in [0.05, 0.1) is 12.0 Å². The molecular weight excluding hydrogens is 364 g/mol. The Morgan fingerprint density at radius 3 is 2.76 bits per heavy atom. The molecule has 7 nitrogen and oxygen atoms in total. The van der Waals surface area contributed by atoms with E-state index in [4.69, 9.17) is 22.1 Å². The number of carbonyl (C=O) groups is 3. The van der Waals surface area contributed by atoms with E-state index in [1.807, 2.05) is 12.1 Å². The summed E-state index contributed by atoms with van der Waals surface area (Å²) in [6.45, 7) is 0.975. The first-order valence-electron chi connectivity index (χ1n) is 7.24. The van der Waals surface area contributed by atoms with Gasteiger partial charge in [-0.25, -0.2) is 0 Å². The second-order valence-electron chi connectivity index (χ2n) is 5.08. The Balaban J connectivity index is 2.20. The SMILES string of the molecule is COc1ccccc1/C=C1\SC(=S)N(C(C)C(=O)NCC(=O)O)C1=O. The van der Waals surface area contributed by atoms with Crippen LogP contribution in [0.15, 0.2) is 29.2 Å². The molecule has 1 unspecified atom stereocenters. The largest absolute Gasteiger partial charge is 0.496 e. The number of aliphatic carboxylic acids is 1. The van der Waals surface area contributed by atoms with E-state index in [-0.39, 0.29) is 4.32 Å². The Labute approximate surface area is 154 Å². The van der Waals surface area contributed by atoms with Crippen molar-refractivity contribution in [2.24, 2.45) is 0 Å². The van der Waals surface area contributed by atoms with Crippen molar-refractivity contribution in [2.45, 2.75) is 13.0 Å². The van der Waals surface area contributed by atoms with E-state index in [0.717, 1.165) is 11.8 Å². The highest BCUT2D eigenvalue weighted by molar-refractivity contribution is 8.26. The van der Waals surface area contributed by atoms with Gasteiger partial charge >= 0.3 is 5.97 Å². The normalized spacial score (nSPS) is 16.9. The molecule has 0 spiro atoms. The molecule has 132 valence electrons. The molecule has 9 heteroatoms. The molecule has 2 rings (SSSR count). The van der Waals surface area contributed by atoms with Crippen LogP contribution in [-0.2, 0) is 14.4 Å². The van der Waals surface area contributed by atoms with Crippen molar-refractivity contribution in [3.05, 3.63) is 34.7 Å². The van der Waals surface area contributed by atoms with E-state index in [1.54, 1.807) is 18.2 Å². The summed E-state index contributed by atoms with van der Waals surface area (Å²) in [7, 11) is 1.53. The minimum absolute atomic E-state index is 0.240. The summed E-state index contributed by atoms with van der Waals surface area (Å²) in [6.07, 6.45) is 1.65. The van der Waals surface area contributed by atoms with Crippen LogP contribution in [0, 0.1) is 0 Å². The highest BCUT2D eigenvalue weighted by Crippen LogP contribution is 2.35. The molecule has 0 aliphatic carbocycles. The van der Waals surface area contributed by atoms with E-state index in [1.165, 1.54) is 18.9 Å². The fourth-order valence-electron chi connectivity index (χ4n) is 2.17. The predicted octanol–water partition coefficient (Wildman–Crippen LogP) is 1.49. The van der Waals surface area contributed by atoms with E-state index >= 15 is 0 Å². The minimum atomic E-state index is -1.16. The van der Waals surface area contributed by atoms with Crippen molar-refractivity contribution in [1.29, 1.82) is 0 Å². The van der Waals surface area contributed by atoms with Crippen LogP contribution in [0.25, 0.3) is 6.08 Å². The van der Waals surface area contributed by atoms with E-state index in [9.17, 15) is 14.4 Å². The maximum Gasteiger partial charge on any atom is 0.322 e. The second-order valence-corrected chi connectivity index (χ2v) is 6.76. The maximum atomic E-state index is 12.6. The Bertz CT molecular complexity index is 763. The molecule has 1 atom stereocenters. The smallest absolute Gasteiger partial charge is 0.322 e. The van der Waals surface area contributed by atoms with Crippen molar-refractivity contribution in [3.8, 4) is 5.75 Å².